The molecule has 3 nitrogen and oxygen atoms in total. The lowest BCUT2D eigenvalue weighted by molar-refractivity contribution is 0.179. The molecule has 5 heteroatoms. The maximum Gasteiger partial charge on any atom is 0.162 e. The van der Waals surface area contributed by atoms with Crippen LogP contribution in [-0.2, 0) is 0 Å². The fourth-order valence-electron chi connectivity index (χ4n) is 1.72. The number of ether oxygens (including phenoxy) is 1. The van der Waals surface area contributed by atoms with Crippen LogP contribution in [0.15, 0.2) is 42.7 Å². The lowest BCUT2D eigenvalue weighted by atomic mass is 10.1. The second-order valence-corrected chi connectivity index (χ2v) is 4.26. The van der Waals surface area contributed by atoms with Crippen LogP contribution in [0.25, 0.3) is 0 Å². The minimum absolute atomic E-state index is 0.227. The van der Waals surface area contributed by atoms with Gasteiger partial charge in [-0.05, 0) is 25.1 Å². The molecule has 0 fully saturated rings. The fourth-order valence-corrected chi connectivity index (χ4v) is 1.72. The number of rotatable bonds is 4. The van der Waals surface area contributed by atoms with Crippen molar-refractivity contribution in [2.45, 2.75) is 19.1 Å². The molecule has 100 valence electrons. The molecular weight excluding hydrogens is 250 g/mol. The van der Waals surface area contributed by atoms with Gasteiger partial charge in [0.25, 0.3) is 0 Å². The molecule has 1 aromatic heterocycles. The number of hydrogen-bond acceptors (Lipinski definition) is 3. The number of halogens is 2. The molecule has 0 saturated heterocycles. The zero-order valence-corrected chi connectivity index (χ0v) is 10.4. The molecule has 1 heterocycles. The predicted molar refractivity (Wildman–Crippen MR) is 67.6 cm³/mol. The zero-order valence-electron chi connectivity index (χ0n) is 10.4. The summed E-state index contributed by atoms with van der Waals surface area (Å²) in [5.41, 5.74) is 6.64. The molecule has 0 amide bonds. The van der Waals surface area contributed by atoms with E-state index in [4.69, 9.17) is 10.5 Å². The van der Waals surface area contributed by atoms with E-state index >= 15 is 0 Å². The second kappa shape index (κ2) is 5.75. The largest absolute Gasteiger partial charge is 0.484 e. The molecule has 0 aliphatic carbocycles. The summed E-state index contributed by atoms with van der Waals surface area (Å²) in [6.07, 6.45) is 2.80. The topological polar surface area (TPSA) is 48.1 Å². The number of hydrogen-bond donors (Lipinski definition) is 1. The van der Waals surface area contributed by atoms with Gasteiger partial charge in [-0.25, -0.2) is 8.78 Å². The fraction of sp³-hybridized carbons (Fsp3) is 0.214. The Bertz CT molecular complexity index is 546. The number of nitrogens with two attached hydrogens (primary N) is 1. The summed E-state index contributed by atoms with van der Waals surface area (Å²) in [6.45, 7) is 1.78. The van der Waals surface area contributed by atoms with Crippen LogP contribution in [0.3, 0.4) is 0 Å². The molecule has 2 N–H and O–H groups in total. The van der Waals surface area contributed by atoms with Gasteiger partial charge in [-0.1, -0.05) is 6.07 Å². The average Bonchev–Trinajstić information content (AvgIpc) is 2.40. The molecule has 2 rings (SSSR count). The molecular formula is C14H14F2N2O. The first-order valence-corrected chi connectivity index (χ1v) is 5.85. The first-order valence-electron chi connectivity index (χ1n) is 5.85. The van der Waals surface area contributed by atoms with E-state index in [0.717, 1.165) is 17.7 Å². The van der Waals surface area contributed by atoms with Crippen molar-refractivity contribution < 1.29 is 13.5 Å². The van der Waals surface area contributed by atoms with E-state index in [1.165, 1.54) is 6.07 Å². The molecule has 0 saturated carbocycles. The van der Waals surface area contributed by atoms with Crippen LogP contribution in [0.1, 0.15) is 18.6 Å². The van der Waals surface area contributed by atoms with Gasteiger partial charge in [0.05, 0.1) is 0 Å². The Morgan fingerprint density at radius 3 is 2.58 bits per heavy atom. The summed E-state index contributed by atoms with van der Waals surface area (Å²) in [5.74, 6) is -1.64. The highest BCUT2D eigenvalue weighted by atomic mass is 19.2. The third kappa shape index (κ3) is 3.26. The Morgan fingerprint density at radius 1 is 1.21 bits per heavy atom. The number of aromatic nitrogens is 1. The van der Waals surface area contributed by atoms with Gasteiger partial charge in [0.2, 0.25) is 0 Å². The van der Waals surface area contributed by atoms with Crippen molar-refractivity contribution in [3.63, 3.8) is 0 Å². The molecule has 2 atom stereocenters. The van der Waals surface area contributed by atoms with Gasteiger partial charge in [0, 0.05) is 30.1 Å². The van der Waals surface area contributed by atoms with Crippen molar-refractivity contribution in [2.24, 2.45) is 5.73 Å². The van der Waals surface area contributed by atoms with E-state index in [9.17, 15) is 8.78 Å². The number of benzene rings is 1. The third-order valence-electron chi connectivity index (χ3n) is 2.64. The standard InChI is InChI=1S/C14H14F2N2O/c1-9(17)14(10-3-2-6-18-8-10)19-11-4-5-12(15)13(16)7-11/h2-9,14H,17H2,1H3. The van der Waals surface area contributed by atoms with Crippen molar-refractivity contribution in [3.05, 3.63) is 59.9 Å². The number of pyridine rings is 1. The van der Waals surface area contributed by atoms with E-state index in [1.54, 1.807) is 25.4 Å². The van der Waals surface area contributed by atoms with Crippen LogP contribution in [-0.4, -0.2) is 11.0 Å². The molecule has 2 unspecified atom stereocenters. The second-order valence-electron chi connectivity index (χ2n) is 4.26. The summed E-state index contributed by atoms with van der Waals surface area (Å²) in [6, 6.07) is 6.65. The average molecular weight is 264 g/mol. The van der Waals surface area contributed by atoms with Crippen LogP contribution in [0.5, 0.6) is 5.75 Å². The summed E-state index contributed by atoms with van der Waals surface area (Å²) in [7, 11) is 0. The minimum Gasteiger partial charge on any atom is -0.484 e. The van der Waals surface area contributed by atoms with Crippen molar-refractivity contribution in [1.82, 2.24) is 4.98 Å². The van der Waals surface area contributed by atoms with Crippen LogP contribution in [0.4, 0.5) is 8.78 Å². The molecule has 1 aromatic carbocycles. The predicted octanol–water partition coefficient (Wildman–Crippen LogP) is 2.83. The van der Waals surface area contributed by atoms with Crippen molar-refractivity contribution >= 4 is 0 Å². The highest BCUT2D eigenvalue weighted by molar-refractivity contribution is 5.25. The van der Waals surface area contributed by atoms with Crippen molar-refractivity contribution in [2.75, 3.05) is 0 Å². The Kier molecular flexibility index (Phi) is 4.06. The summed E-state index contributed by atoms with van der Waals surface area (Å²) < 4.78 is 31.6. The first kappa shape index (κ1) is 13.4. The summed E-state index contributed by atoms with van der Waals surface area (Å²) in [5, 5.41) is 0. The number of nitrogens with zero attached hydrogens (tertiary/aromatic N) is 1. The SMILES string of the molecule is CC(N)C(Oc1ccc(F)c(F)c1)c1cccnc1. The van der Waals surface area contributed by atoms with Crippen LogP contribution in [0.2, 0.25) is 0 Å². The summed E-state index contributed by atoms with van der Waals surface area (Å²) >= 11 is 0. The monoisotopic (exact) mass is 264 g/mol. The molecule has 0 radical (unpaired) electrons. The smallest absolute Gasteiger partial charge is 0.162 e. The third-order valence-corrected chi connectivity index (χ3v) is 2.64. The molecule has 0 spiro atoms. The van der Waals surface area contributed by atoms with Crippen LogP contribution >= 0.6 is 0 Å². The molecule has 2 aromatic rings. The molecule has 19 heavy (non-hydrogen) atoms. The molecule has 0 bridgehead atoms. The zero-order chi connectivity index (χ0) is 13.8. The lowest BCUT2D eigenvalue weighted by Crippen LogP contribution is -2.29. The quantitative estimate of drug-likeness (QED) is 0.923. The van der Waals surface area contributed by atoms with Gasteiger partial charge in [-0.2, -0.15) is 0 Å². The Balaban J connectivity index is 2.24. The Hall–Kier alpha value is -2.01. The van der Waals surface area contributed by atoms with Gasteiger partial charge in [0.1, 0.15) is 11.9 Å². The van der Waals surface area contributed by atoms with Gasteiger partial charge in [-0.15, -0.1) is 0 Å². The van der Waals surface area contributed by atoms with Crippen molar-refractivity contribution in [1.29, 1.82) is 0 Å². The summed E-state index contributed by atoms with van der Waals surface area (Å²) in [4.78, 5) is 3.99. The van der Waals surface area contributed by atoms with Crippen molar-refractivity contribution in [3.8, 4) is 5.75 Å². The van der Waals surface area contributed by atoms with E-state index in [0.29, 0.717) is 0 Å². The van der Waals surface area contributed by atoms with E-state index in [1.807, 2.05) is 6.07 Å². The highest BCUT2D eigenvalue weighted by Crippen LogP contribution is 2.24. The van der Waals surface area contributed by atoms with E-state index in [-0.39, 0.29) is 11.8 Å². The Morgan fingerprint density at radius 2 is 2.00 bits per heavy atom. The molecule has 0 aliphatic heterocycles. The maximum atomic E-state index is 13.1. The normalized spacial score (nSPS) is 13.9. The Labute approximate surface area is 110 Å². The molecule has 0 aliphatic rings. The maximum absolute atomic E-state index is 13.1. The highest BCUT2D eigenvalue weighted by Gasteiger charge is 2.19. The minimum atomic E-state index is -0.952. The van der Waals surface area contributed by atoms with Crippen LogP contribution in [0, 0.1) is 11.6 Å². The van der Waals surface area contributed by atoms with Gasteiger partial charge < -0.3 is 10.5 Å². The van der Waals surface area contributed by atoms with Gasteiger partial charge >= 0.3 is 0 Å². The first-order chi connectivity index (χ1) is 9.08. The van der Waals surface area contributed by atoms with E-state index < -0.39 is 17.7 Å². The van der Waals surface area contributed by atoms with Gasteiger partial charge in [0.15, 0.2) is 11.6 Å². The van der Waals surface area contributed by atoms with Gasteiger partial charge in [-0.3, -0.25) is 4.98 Å². The lowest BCUT2D eigenvalue weighted by Gasteiger charge is -2.22. The van der Waals surface area contributed by atoms with E-state index in [2.05, 4.69) is 4.98 Å². The van der Waals surface area contributed by atoms with Crippen LogP contribution < -0.4 is 10.5 Å².